The standard InChI is InChI=1S/C22H12S2/c1-3-23-21-11-19-9-18-8-16-6-14-2-4-24-22(14)12-20(16)10-17(18)7-15(19)5-13(1)21/h1-12H. The van der Waals surface area contributed by atoms with Crippen LogP contribution in [0.2, 0.25) is 0 Å². The lowest BCUT2D eigenvalue weighted by Gasteiger charge is -2.06. The highest BCUT2D eigenvalue weighted by molar-refractivity contribution is 7.17. The molecule has 4 aromatic carbocycles. The van der Waals surface area contributed by atoms with Crippen LogP contribution < -0.4 is 0 Å². The zero-order valence-corrected chi connectivity index (χ0v) is 14.4. The maximum atomic E-state index is 2.33. The van der Waals surface area contributed by atoms with Crippen molar-refractivity contribution in [2.75, 3.05) is 0 Å². The van der Waals surface area contributed by atoms with Crippen LogP contribution in [0.15, 0.2) is 71.4 Å². The highest BCUT2D eigenvalue weighted by atomic mass is 32.1. The first-order valence-electron chi connectivity index (χ1n) is 7.99. The Hall–Kier alpha value is -2.42. The van der Waals surface area contributed by atoms with Gasteiger partial charge in [0.15, 0.2) is 0 Å². The van der Waals surface area contributed by atoms with Crippen LogP contribution in [-0.4, -0.2) is 0 Å². The first kappa shape index (κ1) is 12.9. The minimum Gasteiger partial charge on any atom is -0.144 e. The van der Waals surface area contributed by atoms with Gasteiger partial charge in [-0.3, -0.25) is 0 Å². The van der Waals surface area contributed by atoms with Crippen molar-refractivity contribution in [3.8, 4) is 0 Å². The normalized spacial score (nSPS) is 12.2. The molecular formula is C22H12S2. The highest BCUT2D eigenvalue weighted by Crippen LogP contribution is 2.33. The molecule has 0 aliphatic heterocycles. The first-order valence-corrected chi connectivity index (χ1v) is 9.75. The predicted molar refractivity (Wildman–Crippen MR) is 110 cm³/mol. The summed E-state index contributed by atoms with van der Waals surface area (Å²) < 4.78 is 2.73. The third-order valence-electron chi connectivity index (χ3n) is 4.89. The molecule has 0 amide bonds. The second kappa shape index (κ2) is 4.56. The van der Waals surface area contributed by atoms with E-state index in [1.165, 1.54) is 52.5 Å². The largest absolute Gasteiger partial charge is 0.144 e. The van der Waals surface area contributed by atoms with Crippen LogP contribution in [-0.2, 0) is 0 Å². The molecule has 0 radical (unpaired) electrons. The molecule has 0 fully saturated rings. The van der Waals surface area contributed by atoms with Crippen molar-refractivity contribution in [2.24, 2.45) is 0 Å². The molecule has 6 rings (SSSR count). The Morgan fingerprint density at radius 3 is 1.12 bits per heavy atom. The number of hydrogen-bond acceptors (Lipinski definition) is 2. The molecule has 112 valence electrons. The van der Waals surface area contributed by atoms with Crippen LogP contribution in [0.5, 0.6) is 0 Å². The van der Waals surface area contributed by atoms with Crippen molar-refractivity contribution in [2.45, 2.75) is 0 Å². The summed E-state index contributed by atoms with van der Waals surface area (Å²) in [5, 5.41) is 15.0. The molecule has 0 bridgehead atoms. The fraction of sp³-hybridized carbons (Fsp3) is 0. The minimum atomic E-state index is 1.32. The Kier molecular flexibility index (Phi) is 2.46. The van der Waals surface area contributed by atoms with Gasteiger partial charge in [0.05, 0.1) is 0 Å². The molecule has 6 aromatic rings. The summed E-state index contributed by atoms with van der Waals surface area (Å²) in [6.07, 6.45) is 0. The number of hydrogen-bond donors (Lipinski definition) is 0. The predicted octanol–water partition coefficient (Wildman–Crippen LogP) is 7.58. The van der Waals surface area contributed by atoms with E-state index < -0.39 is 0 Å². The summed E-state index contributed by atoms with van der Waals surface area (Å²) in [7, 11) is 0. The van der Waals surface area contributed by atoms with Crippen LogP contribution in [0.3, 0.4) is 0 Å². The van der Waals surface area contributed by atoms with E-state index in [9.17, 15) is 0 Å². The third-order valence-corrected chi connectivity index (χ3v) is 6.65. The van der Waals surface area contributed by atoms with Crippen molar-refractivity contribution >= 4 is 75.2 Å². The smallest absolute Gasteiger partial charge is 0.0349 e. The third kappa shape index (κ3) is 1.78. The molecule has 0 saturated carbocycles. The summed E-state index contributed by atoms with van der Waals surface area (Å²) in [6, 6.07) is 23.0. The summed E-state index contributed by atoms with van der Waals surface area (Å²) in [6.45, 7) is 0. The molecule has 24 heavy (non-hydrogen) atoms. The Morgan fingerprint density at radius 1 is 0.375 bits per heavy atom. The monoisotopic (exact) mass is 340 g/mol. The Morgan fingerprint density at radius 2 is 0.708 bits per heavy atom. The van der Waals surface area contributed by atoms with Crippen LogP contribution in [0.4, 0.5) is 0 Å². The molecule has 2 aromatic heterocycles. The molecular weight excluding hydrogens is 328 g/mol. The molecule has 2 heteroatoms. The topological polar surface area (TPSA) is 0 Å². The molecule has 0 atom stereocenters. The zero-order chi connectivity index (χ0) is 15.7. The van der Waals surface area contributed by atoms with E-state index in [2.05, 4.69) is 71.4 Å². The number of fused-ring (bicyclic) bond motifs is 5. The van der Waals surface area contributed by atoms with E-state index >= 15 is 0 Å². The van der Waals surface area contributed by atoms with Gasteiger partial charge in [0, 0.05) is 9.40 Å². The minimum absolute atomic E-state index is 1.32. The highest BCUT2D eigenvalue weighted by Gasteiger charge is 2.05. The Bertz CT molecular complexity index is 1190. The van der Waals surface area contributed by atoms with Crippen LogP contribution >= 0.6 is 22.7 Å². The SMILES string of the molecule is c1cc2cc3cc4cc5cc6sccc6cc5cc4cc3cc2s1. The van der Waals surface area contributed by atoms with E-state index in [4.69, 9.17) is 0 Å². The summed E-state index contributed by atoms with van der Waals surface area (Å²) in [5.41, 5.74) is 0. The number of thiophene rings is 2. The molecule has 0 aliphatic rings. The second-order valence-corrected chi connectivity index (χ2v) is 8.26. The van der Waals surface area contributed by atoms with Crippen LogP contribution in [0.1, 0.15) is 0 Å². The quantitative estimate of drug-likeness (QED) is 0.250. The Labute approximate surface area is 146 Å². The number of rotatable bonds is 0. The van der Waals surface area contributed by atoms with Crippen molar-refractivity contribution < 1.29 is 0 Å². The lowest BCUT2D eigenvalue weighted by molar-refractivity contribution is 1.87. The molecule has 0 N–H and O–H groups in total. The van der Waals surface area contributed by atoms with Gasteiger partial charge in [-0.25, -0.2) is 0 Å². The average Bonchev–Trinajstić information content (AvgIpc) is 3.22. The van der Waals surface area contributed by atoms with Crippen molar-refractivity contribution in [1.29, 1.82) is 0 Å². The van der Waals surface area contributed by atoms with Gasteiger partial charge in [-0.05, 0) is 115 Å². The lowest BCUT2D eigenvalue weighted by Crippen LogP contribution is -1.79. The van der Waals surface area contributed by atoms with E-state index in [1.54, 1.807) is 0 Å². The van der Waals surface area contributed by atoms with Gasteiger partial charge in [0.2, 0.25) is 0 Å². The van der Waals surface area contributed by atoms with Gasteiger partial charge in [0.1, 0.15) is 0 Å². The molecule has 2 heterocycles. The summed E-state index contributed by atoms with van der Waals surface area (Å²) >= 11 is 3.63. The van der Waals surface area contributed by atoms with Crippen molar-refractivity contribution in [1.82, 2.24) is 0 Å². The Balaban J connectivity index is 1.76. The number of benzene rings is 4. The van der Waals surface area contributed by atoms with Crippen molar-refractivity contribution in [3.05, 3.63) is 71.4 Å². The summed E-state index contributed by atoms with van der Waals surface area (Å²) in [5.74, 6) is 0. The molecule has 0 unspecified atom stereocenters. The van der Waals surface area contributed by atoms with E-state index in [0.717, 1.165) is 0 Å². The van der Waals surface area contributed by atoms with Gasteiger partial charge in [0.25, 0.3) is 0 Å². The van der Waals surface area contributed by atoms with E-state index in [-0.39, 0.29) is 0 Å². The first-order chi connectivity index (χ1) is 11.8. The molecule has 0 saturated heterocycles. The fourth-order valence-corrected chi connectivity index (χ4v) is 5.31. The van der Waals surface area contributed by atoms with E-state index in [1.807, 2.05) is 22.7 Å². The summed E-state index contributed by atoms with van der Waals surface area (Å²) in [4.78, 5) is 0. The van der Waals surface area contributed by atoms with E-state index in [0.29, 0.717) is 0 Å². The van der Waals surface area contributed by atoms with Gasteiger partial charge >= 0.3 is 0 Å². The maximum absolute atomic E-state index is 2.33. The van der Waals surface area contributed by atoms with Gasteiger partial charge in [-0.2, -0.15) is 0 Å². The van der Waals surface area contributed by atoms with Crippen LogP contribution in [0, 0.1) is 0 Å². The molecule has 0 spiro atoms. The lowest BCUT2D eigenvalue weighted by atomic mass is 9.98. The van der Waals surface area contributed by atoms with Gasteiger partial charge < -0.3 is 0 Å². The zero-order valence-electron chi connectivity index (χ0n) is 12.7. The van der Waals surface area contributed by atoms with Crippen LogP contribution in [0.25, 0.3) is 52.5 Å². The van der Waals surface area contributed by atoms with Gasteiger partial charge in [-0.15, -0.1) is 22.7 Å². The second-order valence-electron chi connectivity index (χ2n) is 6.37. The van der Waals surface area contributed by atoms with Crippen molar-refractivity contribution in [3.63, 3.8) is 0 Å². The van der Waals surface area contributed by atoms with Gasteiger partial charge in [-0.1, -0.05) is 0 Å². The molecule has 0 nitrogen and oxygen atoms in total. The average molecular weight is 340 g/mol. The fourth-order valence-electron chi connectivity index (χ4n) is 3.67. The maximum Gasteiger partial charge on any atom is 0.0349 e. The molecule has 0 aliphatic carbocycles.